The summed E-state index contributed by atoms with van der Waals surface area (Å²) < 4.78 is 27.0. The van der Waals surface area contributed by atoms with E-state index in [1.807, 2.05) is 6.20 Å². The second kappa shape index (κ2) is 9.16. The highest BCUT2D eigenvalue weighted by Gasteiger charge is 2.31. The Morgan fingerprint density at radius 3 is 2.66 bits per heavy atom. The lowest BCUT2D eigenvalue weighted by molar-refractivity contribution is 0.130. The van der Waals surface area contributed by atoms with Crippen LogP contribution in [0, 0.1) is 0 Å². The van der Waals surface area contributed by atoms with Crippen molar-refractivity contribution in [2.24, 2.45) is 0 Å². The highest BCUT2D eigenvalue weighted by atomic mass is 32.2. The number of nitrogens with one attached hydrogen (secondary N) is 1. The Labute approximate surface area is 174 Å². The maximum absolute atomic E-state index is 12.6. The molecule has 0 radical (unpaired) electrons. The van der Waals surface area contributed by atoms with Crippen LogP contribution in [-0.2, 0) is 16.6 Å². The fourth-order valence-electron chi connectivity index (χ4n) is 4.98. The van der Waals surface area contributed by atoms with Crippen LogP contribution in [0.25, 0.3) is 10.9 Å². The number of aromatic nitrogens is 1. The summed E-state index contributed by atoms with van der Waals surface area (Å²) >= 11 is 0. The third-order valence-corrected chi connectivity index (χ3v) is 7.81. The van der Waals surface area contributed by atoms with Crippen molar-refractivity contribution in [3.05, 3.63) is 36.0 Å². The van der Waals surface area contributed by atoms with Crippen LogP contribution in [0.3, 0.4) is 0 Å². The van der Waals surface area contributed by atoms with Crippen LogP contribution in [0.1, 0.15) is 37.7 Å². The lowest BCUT2D eigenvalue weighted by Crippen LogP contribution is -2.51. The molecule has 0 saturated carbocycles. The van der Waals surface area contributed by atoms with E-state index in [-0.39, 0.29) is 6.04 Å². The molecule has 1 aromatic carbocycles. The molecule has 2 aromatic rings. The summed E-state index contributed by atoms with van der Waals surface area (Å²) in [4.78, 5) is 8.13. The molecule has 7 heteroatoms. The van der Waals surface area contributed by atoms with Gasteiger partial charge in [0.2, 0.25) is 10.0 Å². The fraction of sp³-hybridized carbons (Fsp3) is 0.636. The Morgan fingerprint density at radius 2 is 1.86 bits per heavy atom. The van der Waals surface area contributed by atoms with Gasteiger partial charge in [0.05, 0.1) is 6.26 Å². The first-order chi connectivity index (χ1) is 14.0. The zero-order valence-electron chi connectivity index (χ0n) is 17.5. The van der Waals surface area contributed by atoms with E-state index in [2.05, 4.69) is 39.0 Å². The first-order valence-corrected chi connectivity index (χ1v) is 12.8. The molecule has 0 spiro atoms. The van der Waals surface area contributed by atoms with Crippen LogP contribution in [0.2, 0.25) is 0 Å². The predicted molar refractivity (Wildman–Crippen MR) is 118 cm³/mol. The van der Waals surface area contributed by atoms with Crippen molar-refractivity contribution in [2.45, 2.75) is 44.7 Å². The number of hydrogen-bond acceptors (Lipinski definition) is 4. The Balaban J connectivity index is 1.42. The number of nitrogens with zero attached hydrogens (tertiary/aromatic N) is 3. The molecule has 1 unspecified atom stereocenters. The SMILES string of the molecule is CS(=O)(=O)N(CCN1CCCCC1)C1CCCN(Cc2cccc3[nH]ccc23)C1. The van der Waals surface area contributed by atoms with Crippen molar-refractivity contribution in [2.75, 3.05) is 45.5 Å². The molecular formula is C22H34N4O2S. The molecule has 2 aliphatic rings. The summed E-state index contributed by atoms with van der Waals surface area (Å²) in [6.45, 7) is 6.39. The zero-order chi connectivity index (χ0) is 20.3. The minimum Gasteiger partial charge on any atom is -0.361 e. The summed E-state index contributed by atoms with van der Waals surface area (Å²) in [5.41, 5.74) is 2.47. The smallest absolute Gasteiger partial charge is 0.211 e. The minimum absolute atomic E-state index is 0.0777. The van der Waals surface area contributed by atoms with E-state index in [1.165, 1.54) is 36.5 Å². The quantitative estimate of drug-likeness (QED) is 0.751. The van der Waals surface area contributed by atoms with Crippen molar-refractivity contribution in [1.29, 1.82) is 0 Å². The molecule has 1 atom stereocenters. The normalized spacial score (nSPS) is 22.5. The van der Waals surface area contributed by atoms with E-state index in [4.69, 9.17) is 0 Å². The van der Waals surface area contributed by atoms with Crippen LogP contribution in [0.15, 0.2) is 30.5 Å². The first-order valence-electron chi connectivity index (χ1n) is 11.0. The van der Waals surface area contributed by atoms with Gasteiger partial charge in [-0.05, 0) is 63.0 Å². The second-order valence-corrected chi connectivity index (χ2v) is 10.6. The summed E-state index contributed by atoms with van der Waals surface area (Å²) in [5.74, 6) is 0. The molecule has 29 heavy (non-hydrogen) atoms. The van der Waals surface area contributed by atoms with Gasteiger partial charge in [0.15, 0.2) is 0 Å². The van der Waals surface area contributed by atoms with Crippen LogP contribution >= 0.6 is 0 Å². The van der Waals surface area contributed by atoms with Gasteiger partial charge in [0, 0.05) is 49.3 Å². The minimum atomic E-state index is -3.21. The molecular weight excluding hydrogens is 384 g/mol. The Kier molecular flexibility index (Phi) is 6.59. The van der Waals surface area contributed by atoms with E-state index in [9.17, 15) is 8.42 Å². The van der Waals surface area contributed by atoms with Crippen molar-refractivity contribution in [3.8, 4) is 0 Å². The molecule has 3 heterocycles. The number of aromatic amines is 1. The van der Waals surface area contributed by atoms with Crippen molar-refractivity contribution in [1.82, 2.24) is 19.1 Å². The van der Waals surface area contributed by atoms with E-state index in [1.54, 1.807) is 4.31 Å². The molecule has 1 N–H and O–H groups in total. The molecule has 2 fully saturated rings. The molecule has 6 nitrogen and oxygen atoms in total. The number of piperidine rings is 2. The monoisotopic (exact) mass is 418 g/mol. The lowest BCUT2D eigenvalue weighted by atomic mass is 10.0. The van der Waals surface area contributed by atoms with E-state index < -0.39 is 10.0 Å². The molecule has 0 aliphatic carbocycles. The number of hydrogen-bond donors (Lipinski definition) is 1. The van der Waals surface area contributed by atoms with Gasteiger partial charge in [-0.2, -0.15) is 4.31 Å². The summed E-state index contributed by atoms with van der Waals surface area (Å²) in [5, 5.41) is 1.26. The zero-order valence-corrected chi connectivity index (χ0v) is 18.3. The number of fused-ring (bicyclic) bond motifs is 1. The maximum atomic E-state index is 12.6. The van der Waals surface area contributed by atoms with Crippen molar-refractivity contribution in [3.63, 3.8) is 0 Å². The number of rotatable bonds is 7. The van der Waals surface area contributed by atoms with Crippen molar-refractivity contribution < 1.29 is 8.42 Å². The molecule has 2 saturated heterocycles. The average Bonchev–Trinajstić information content (AvgIpc) is 3.18. The predicted octanol–water partition coefficient (Wildman–Crippen LogP) is 2.88. The average molecular weight is 419 g/mol. The van der Waals surface area contributed by atoms with E-state index in [0.29, 0.717) is 6.54 Å². The Hall–Kier alpha value is -1.41. The number of benzene rings is 1. The highest BCUT2D eigenvalue weighted by molar-refractivity contribution is 7.88. The third-order valence-electron chi connectivity index (χ3n) is 6.48. The highest BCUT2D eigenvalue weighted by Crippen LogP contribution is 2.24. The van der Waals surface area contributed by atoms with E-state index in [0.717, 1.165) is 57.6 Å². The molecule has 4 rings (SSSR count). The summed E-state index contributed by atoms with van der Waals surface area (Å²) in [6, 6.07) is 8.59. The van der Waals surface area contributed by atoms with Gasteiger partial charge in [-0.3, -0.25) is 4.90 Å². The molecule has 160 valence electrons. The summed E-state index contributed by atoms with van der Waals surface area (Å²) in [7, 11) is -3.21. The van der Waals surface area contributed by atoms with Gasteiger partial charge >= 0.3 is 0 Å². The third kappa shape index (κ3) is 5.20. The molecule has 0 amide bonds. The van der Waals surface area contributed by atoms with Crippen LogP contribution in [0.4, 0.5) is 0 Å². The fourth-order valence-corrected chi connectivity index (χ4v) is 6.11. The van der Waals surface area contributed by atoms with Gasteiger partial charge in [0.1, 0.15) is 0 Å². The standard InChI is InChI=1S/C22H34N4O2S/c1-29(27,28)26(16-15-24-12-3-2-4-13-24)20-8-6-14-25(18-20)17-19-7-5-9-22-21(19)10-11-23-22/h5,7,9-11,20,23H,2-4,6,8,12-18H2,1H3. The van der Waals surface area contributed by atoms with Gasteiger partial charge in [0.25, 0.3) is 0 Å². The molecule has 1 aromatic heterocycles. The van der Waals surface area contributed by atoms with Crippen LogP contribution < -0.4 is 0 Å². The first kappa shape index (κ1) is 20.8. The number of sulfonamides is 1. The van der Waals surface area contributed by atoms with Crippen molar-refractivity contribution >= 4 is 20.9 Å². The van der Waals surface area contributed by atoms with Gasteiger partial charge in [-0.1, -0.05) is 18.6 Å². The van der Waals surface area contributed by atoms with Crippen LogP contribution in [0.5, 0.6) is 0 Å². The van der Waals surface area contributed by atoms with Gasteiger partial charge < -0.3 is 9.88 Å². The number of likely N-dealkylation sites (tertiary alicyclic amines) is 2. The van der Waals surface area contributed by atoms with Crippen LogP contribution in [-0.4, -0.2) is 79.1 Å². The largest absolute Gasteiger partial charge is 0.361 e. The number of H-pyrrole nitrogens is 1. The molecule has 0 bridgehead atoms. The maximum Gasteiger partial charge on any atom is 0.211 e. The Morgan fingerprint density at radius 1 is 1.07 bits per heavy atom. The molecule has 2 aliphatic heterocycles. The van der Waals surface area contributed by atoms with Gasteiger partial charge in [-0.25, -0.2) is 8.42 Å². The lowest BCUT2D eigenvalue weighted by Gasteiger charge is -2.39. The van der Waals surface area contributed by atoms with E-state index >= 15 is 0 Å². The topological polar surface area (TPSA) is 59.7 Å². The Bertz CT molecular complexity index is 904. The van der Waals surface area contributed by atoms with Gasteiger partial charge in [-0.15, -0.1) is 0 Å². The summed E-state index contributed by atoms with van der Waals surface area (Å²) in [6.07, 6.45) is 9.14. The second-order valence-electron chi connectivity index (χ2n) is 8.66.